The highest BCUT2D eigenvalue weighted by atomic mass is 32.2. The predicted molar refractivity (Wildman–Crippen MR) is 209 cm³/mol. The number of benzene rings is 1. The summed E-state index contributed by atoms with van der Waals surface area (Å²) in [4.78, 5) is 50.3. The second-order valence-electron chi connectivity index (χ2n) is 14.2. The number of nitrogens with one attached hydrogen (secondary N) is 1. The number of tetrazole rings is 1. The Hall–Kier alpha value is -4.68. The number of nitrogens with zero attached hydrogens (tertiary/aromatic N) is 10. The van der Waals surface area contributed by atoms with Crippen molar-refractivity contribution in [3.8, 4) is 5.88 Å². The number of aromatic nitrogens is 7. The summed E-state index contributed by atoms with van der Waals surface area (Å²) in [6.07, 6.45) is 9.96. The molecule has 6 heterocycles. The summed E-state index contributed by atoms with van der Waals surface area (Å²) in [6.45, 7) is 7.95. The number of amides is 3. The molecule has 3 fully saturated rings. The van der Waals surface area contributed by atoms with E-state index in [0.717, 1.165) is 61.5 Å². The quantitative estimate of drug-likeness (QED) is 0.218. The Labute approximate surface area is 329 Å². The van der Waals surface area contributed by atoms with E-state index in [2.05, 4.69) is 42.6 Å². The zero-order valence-corrected chi connectivity index (χ0v) is 33.1. The number of imidazole rings is 1. The van der Waals surface area contributed by atoms with Gasteiger partial charge < -0.3 is 29.5 Å². The highest BCUT2D eigenvalue weighted by Crippen LogP contribution is 2.30. The number of piperidine rings is 3. The van der Waals surface area contributed by atoms with Crippen LogP contribution in [0.5, 0.6) is 5.88 Å². The van der Waals surface area contributed by atoms with Crippen LogP contribution in [0, 0.1) is 5.92 Å². The number of carboxylic acid groups (broad SMARTS) is 1. The Morgan fingerprint density at radius 3 is 2.05 bits per heavy atom. The van der Waals surface area contributed by atoms with E-state index in [1.807, 2.05) is 42.1 Å². The maximum absolute atomic E-state index is 12.7. The lowest BCUT2D eigenvalue weighted by molar-refractivity contribution is 0.102. The molecule has 55 heavy (non-hydrogen) atoms. The van der Waals surface area contributed by atoms with Gasteiger partial charge in [0.05, 0.1) is 11.9 Å². The highest BCUT2D eigenvalue weighted by molar-refractivity contribution is 8.00. The van der Waals surface area contributed by atoms with Crippen LogP contribution in [0.25, 0.3) is 0 Å². The van der Waals surface area contributed by atoms with Gasteiger partial charge in [-0.2, -0.15) is 0 Å². The zero-order valence-electron chi connectivity index (χ0n) is 31.5. The van der Waals surface area contributed by atoms with E-state index in [9.17, 15) is 14.4 Å². The summed E-state index contributed by atoms with van der Waals surface area (Å²) in [5.74, 6) is 0.818. The van der Waals surface area contributed by atoms with Gasteiger partial charge in [-0.3, -0.25) is 9.69 Å². The number of hydrogen-bond acceptors (Lipinski definition) is 12. The van der Waals surface area contributed by atoms with E-state index in [4.69, 9.17) is 9.84 Å². The molecule has 0 atom stereocenters. The number of hydrogen-bond donors (Lipinski definition) is 2. The van der Waals surface area contributed by atoms with Gasteiger partial charge in [0.25, 0.3) is 5.91 Å². The molecule has 3 aliphatic rings. The van der Waals surface area contributed by atoms with Crippen LogP contribution < -0.4 is 10.1 Å². The van der Waals surface area contributed by atoms with Crippen LogP contribution in [0.15, 0.2) is 65.3 Å². The number of pyridine rings is 1. The van der Waals surface area contributed by atoms with Crippen LogP contribution in [0.3, 0.4) is 0 Å². The Bertz CT molecular complexity index is 1850. The SMILES string of the molecule is CC1CCN(Cc2ccc(C(=O)Nc3ccc(OC(=O)N4CCC(Sc5nccn5C)CC4)nc3)cc2)CC1.Cn1nnnc1SC1CCN(C(=O)O)CC1. The van der Waals surface area contributed by atoms with Crippen molar-refractivity contribution in [3.63, 3.8) is 0 Å². The van der Waals surface area contributed by atoms with Gasteiger partial charge in [-0.1, -0.05) is 42.6 Å². The van der Waals surface area contributed by atoms with E-state index >= 15 is 0 Å². The van der Waals surface area contributed by atoms with Crippen LogP contribution in [-0.4, -0.2) is 122 Å². The lowest BCUT2D eigenvalue weighted by Crippen LogP contribution is -2.41. The first-order valence-corrected chi connectivity index (χ1v) is 20.4. The first-order chi connectivity index (χ1) is 26.6. The van der Waals surface area contributed by atoms with Crippen molar-refractivity contribution in [2.45, 2.75) is 72.8 Å². The molecule has 0 saturated carbocycles. The summed E-state index contributed by atoms with van der Waals surface area (Å²) < 4.78 is 9.12. The van der Waals surface area contributed by atoms with Crippen LogP contribution >= 0.6 is 23.5 Å². The van der Waals surface area contributed by atoms with Crippen molar-refractivity contribution in [1.29, 1.82) is 0 Å². The van der Waals surface area contributed by atoms with Crippen molar-refractivity contribution >= 4 is 47.3 Å². The standard InChI is InChI=1S/C29H36N6O3S.C8H13N5O2S/c1-21-9-14-34(15-10-21)20-22-3-5-23(6-4-22)27(36)32-24-7-8-26(31-19-24)38-29(37)35-16-11-25(12-17-35)39-28-30-13-18-33(28)2;1-12-7(9-10-11-12)16-6-2-4-13(5-3-6)8(14)15/h3-8,13,18-19,21,25H,9-12,14-17,20H2,1-2H3,(H,32,36);6H,2-5H2,1H3,(H,14,15). The highest BCUT2D eigenvalue weighted by Gasteiger charge is 2.27. The third-order valence-electron chi connectivity index (χ3n) is 10.00. The molecule has 0 unspecified atom stereocenters. The largest absolute Gasteiger partial charge is 0.465 e. The number of anilines is 1. The van der Waals surface area contributed by atoms with Gasteiger partial charge >= 0.3 is 12.2 Å². The van der Waals surface area contributed by atoms with Gasteiger partial charge in [0.2, 0.25) is 11.0 Å². The fourth-order valence-corrected chi connectivity index (χ4v) is 8.63. The van der Waals surface area contributed by atoms with Crippen LogP contribution in [0.4, 0.5) is 15.3 Å². The molecule has 3 amide bonds. The maximum atomic E-state index is 12.7. The molecule has 0 radical (unpaired) electrons. The normalized spacial score (nSPS) is 17.4. The average molecular weight is 792 g/mol. The van der Waals surface area contributed by atoms with Crippen molar-refractivity contribution in [3.05, 3.63) is 66.1 Å². The van der Waals surface area contributed by atoms with Crippen LogP contribution in [-0.2, 0) is 20.6 Å². The van der Waals surface area contributed by atoms with Crippen molar-refractivity contribution in [1.82, 2.24) is 49.4 Å². The third-order valence-corrected chi connectivity index (χ3v) is 12.8. The van der Waals surface area contributed by atoms with Crippen LogP contribution in [0.2, 0.25) is 0 Å². The average Bonchev–Trinajstić information content (AvgIpc) is 3.80. The number of rotatable bonds is 9. The summed E-state index contributed by atoms with van der Waals surface area (Å²) in [6, 6.07) is 11.0. The van der Waals surface area contributed by atoms with E-state index < -0.39 is 12.2 Å². The van der Waals surface area contributed by atoms with Crippen molar-refractivity contribution in [2.24, 2.45) is 20.0 Å². The first kappa shape index (κ1) is 40.0. The third kappa shape index (κ3) is 11.7. The molecule has 18 heteroatoms. The molecule has 1 aromatic carbocycles. The minimum absolute atomic E-state index is 0.203. The molecule has 7 rings (SSSR count). The Kier molecular flexibility index (Phi) is 14.0. The number of likely N-dealkylation sites (tertiary alicyclic amines) is 3. The van der Waals surface area contributed by atoms with Gasteiger partial charge in [0.1, 0.15) is 0 Å². The molecule has 3 aliphatic heterocycles. The fraction of sp³-hybridized carbons (Fsp3) is 0.514. The summed E-state index contributed by atoms with van der Waals surface area (Å²) in [5, 5.41) is 25.5. The molecule has 3 aromatic heterocycles. The predicted octanol–water partition coefficient (Wildman–Crippen LogP) is 5.50. The monoisotopic (exact) mass is 791 g/mol. The van der Waals surface area contributed by atoms with E-state index in [-0.39, 0.29) is 11.8 Å². The molecule has 0 aliphatic carbocycles. The lowest BCUT2D eigenvalue weighted by Gasteiger charge is -2.30. The van der Waals surface area contributed by atoms with Crippen molar-refractivity contribution < 1.29 is 24.2 Å². The Morgan fingerprint density at radius 1 is 0.836 bits per heavy atom. The zero-order chi connectivity index (χ0) is 38.7. The van der Waals surface area contributed by atoms with Gasteiger partial charge in [-0.05, 0) is 91.7 Å². The van der Waals surface area contributed by atoms with Gasteiger partial charge in [-0.25, -0.2) is 24.2 Å². The van der Waals surface area contributed by atoms with E-state index in [1.54, 1.807) is 58.5 Å². The molecule has 0 bridgehead atoms. The number of thioether (sulfide) groups is 2. The topological polar surface area (TPSA) is 177 Å². The van der Waals surface area contributed by atoms with E-state index in [1.165, 1.54) is 29.5 Å². The van der Waals surface area contributed by atoms with Gasteiger partial charge in [0.15, 0.2) is 5.16 Å². The number of carbonyl (C=O) groups excluding carboxylic acids is 2. The van der Waals surface area contributed by atoms with Crippen LogP contribution in [0.1, 0.15) is 61.4 Å². The molecule has 16 nitrogen and oxygen atoms in total. The van der Waals surface area contributed by atoms with Gasteiger partial charge in [0, 0.05) is 81.3 Å². The molecular formula is C37H49N11O5S2. The summed E-state index contributed by atoms with van der Waals surface area (Å²) in [5.41, 5.74) is 2.34. The fourth-order valence-electron chi connectivity index (χ4n) is 6.52. The first-order valence-electron chi connectivity index (χ1n) is 18.7. The second kappa shape index (κ2) is 19.3. The molecule has 3 saturated heterocycles. The molecule has 4 aromatic rings. The molecular weight excluding hydrogens is 743 g/mol. The van der Waals surface area contributed by atoms with E-state index in [0.29, 0.717) is 47.9 Å². The Balaban J connectivity index is 0.000000268. The lowest BCUT2D eigenvalue weighted by atomic mass is 9.99. The summed E-state index contributed by atoms with van der Waals surface area (Å²) in [7, 11) is 3.79. The number of carbonyl (C=O) groups is 3. The van der Waals surface area contributed by atoms with Gasteiger partial charge in [-0.15, -0.1) is 5.10 Å². The molecule has 2 N–H and O–H groups in total. The molecule has 294 valence electrons. The molecule has 0 spiro atoms. The maximum Gasteiger partial charge on any atom is 0.416 e. The number of aryl methyl sites for hydroxylation is 2. The smallest absolute Gasteiger partial charge is 0.416 e. The second-order valence-corrected chi connectivity index (χ2v) is 16.7. The summed E-state index contributed by atoms with van der Waals surface area (Å²) >= 11 is 3.37. The number of ether oxygens (including phenoxy) is 1. The van der Waals surface area contributed by atoms with Crippen molar-refractivity contribution in [2.75, 3.05) is 44.6 Å². The Morgan fingerprint density at radius 2 is 1.49 bits per heavy atom. The minimum atomic E-state index is -0.830. The minimum Gasteiger partial charge on any atom is -0.465 e.